The number of aromatic carboxylic acids is 1. The van der Waals surface area contributed by atoms with Crippen molar-refractivity contribution >= 4 is 11.8 Å². The first-order chi connectivity index (χ1) is 10.5. The van der Waals surface area contributed by atoms with E-state index in [-0.39, 0.29) is 11.5 Å². The van der Waals surface area contributed by atoms with Gasteiger partial charge in [0, 0.05) is 20.2 Å². The van der Waals surface area contributed by atoms with Crippen molar-refractivity contribution in [3.8, 4) is 22.9 Å². The van der Waals surface area contributed by atoms with Crippen molar-refractivity contribution in [2.45, 2.75) is 0 Å². The molecule has 0 aliphatic heterocycles. The Balaban J connectivity index is 2.69. The summed E-state index contributed by atoms with van der Waals surface area (Å²) in [4.78, 5) is 21.5. The molecule has 2 rings (SSSR count). The van der Waals surface area contributed by atoms with Crippen LogP contribution in [0.3, 0.4) is 0 Å². The summed E-state index contributed by atoms with van der Waals surface area (Å²) in [5.41, 5.74) is 0.478. The molecule has 0 aliphatic carbocycles. The zero-order valence-corrected chi connectivity index (χ0v) is 12.8. The van der Waals surface area contributed by atoms with E-state index in [9.17, 15) is 9.90 Å². The van der Waals surface area contributed by atoms with Crippen molar-refractivity contribution in [1.29, 1.82) is 0 Å². The lowest BCUT2D eigenvalue weighted by molar-refractivity contribution is 0.0690. The first kappa shape index (κ1) is 15.6. The molecule has 0 atom stereocenters. The third-order valence-electron chi connectivity index (χ3n) is 3.03. The number of carboxylic acid groups (broad SMARTS) is 1. The van der Waals surface area contributed by atoms with E-state index in [0.29, 0.717) is 22.9 Å². The first-order valence-electron chi connectivity index (χ1n) is 6.49. The topological polar surface area (TPSA) is 84.8 Å². The monoisotopic (exact) mass is 303 g/mol. The predicted molar refractivity (Wildman–Crippen MR) is 81.9 cm³/mol. The van der Waals surface area contributed by atoms with Crippen LogP contribution >= 0.6 is 0 Å². The second-order valence-electron chi connectivity index (χ2n) is 4.68. The van der Waals surface area contributed by atoms with E-state index in [0.717, 1.165) is 0 Å². The van der Waals surface area contributed by atoms with E-state index in [1.807, 2.05) is 0 Å². The third-order valence-corrected chi connectivity index (χ3v) is 3.03. The standard InChI is InChI=1S/C15H17N3O4/c1-18(2)12-8-10(15(19)20)16-14(17-12)9-6-5-7-11(21-3)13(9)22-4/h5-8H,1-4H3,(H,19,20). The number of nitrogens with zero attached hydrogens (tertiary/aromatic N) is 3. The van der Waals surface area contributed by atoms with Gasteiger partial charge in [0.05, 0.1) is 19.8 Å². The Morgan fingerprint density at radius 2 is 1.91 bits per heavy atom. The Morgan fingerprint density at radius 3 is 2.45 bits per heavy atom. The summed E-state index contributed by atoms with van der Waals surface area (Å²) in [5, 5.41) is 9.22. The van der Waals surface area contributed by atoms with Crippen LogP contribution < -0.4 is 14.4 Å². The van der Waals surface area contributed by atoms with Crippen molar-refractivity contribution in [2.75, 3.05) is 33.2 Å². The van der Waals surface area contributed by atoms with Gasteiger partial charge in [-0.2, -0.15) is 0 Å². The highest BCUT2D eigenvalue weighted by Gasteiger charge is 2.18. The third kappa shape index (κ3) is 2.93. The number of benzene rings is 1. The predicted octanol–water partition coefficient (Wildman–Crippen LogP) is 1.92. The van der Waals surface area contributed by atoms with Crippen LogP contribution in [-0.2, 0) is 0 Å². The summed E-state index contributed by atoms with van der Waals surface area (Å²) >= 11 is 0. The molecule has 0 amide bonds. The van der Waals surface area contributed by atoms with Crippen LogP contribution in [0.2, 0.25) is 0 Å². The van der Waals surface area contributed by atoms with Gasteiger partial charge < -0.3 is 19.5 Å². The Bertz CT molecular complexity index is 701. The SMILES string of the molecule is COc1cccc(-c2nc(C(=O)O)cc(N(C)C)n2)c1OC. The average molecular weight is 303 g/mol. The minimum atomic E-state index is -1.12. The summed E-state index contributed by atoms with van der Waals surface area (Å²) in [6.45, 7) is 0. The highest BCUT2D eigenvalue weighted by Crippen LogP contribution is 2.36. The van der Waals surface area contributed by atoms with Crippen LogP contribution in [0.4, 0.5) is 5.82 Å². The molecule has 0 spiro atoms. The fourth-order valence-electron chi connectivity index (χ4n) is 1.96. The van der Waals surface area contributed by atoms with Crippen LogP contribution in [0.1, 0.15) is 10.5 Å². The van der Waals surface area contributed by atoms with E-state index in [2.05, 4.69) is 9.97 Å². The molecular weight excluding hydrogens is 286 g/mol. The van der Waals surface area contributed by atoms with E-state index in [4.69, 9.17) is 9.47 Å². The van der Waals surface area contributed by atoms with E-state index < -0.39 is 5.97 Å². The maximum atomic E-state index is 11.3. The number of carbonyl (C=O) groups is 1. The lowest BCUT2D eigenvalue weighted by atomic mass is 10.1. The molecule has 1 heterocycles. The van der Waals surface area contributed by atoms with Crippen molar-refractivity contribution < 1.29 is 19.4 Å². The van der Waals surface area contributed by atoms with Crippen molar-refractivity contribution in [3.05, 3.63) is 30.0 Å². The van der Waals surface area contributed by atoms with Gasteiger partial charge in [-0.1, -0.05) is 6.07 Å². The summed E-state index contributed by atoms with van der Waals surface area (Å²) in [6.07, 6.45) is 0. The van der Waals surface area contributed by atoms with Crippen LogP contribution in [-0.4, -0.2) is 49.4 Å². The summed E-state index contributed by atoms with van der Waals surface area (Å²) < 4.78 is 10.6. The largest absolute Gasteiger partial charge is 0.493 e. The molecule has 2 aromatic rings. The number of ether oxygens (including phenoxy) is 2. The lowest BCUT2D eigenvalue weighted by Gasteiger charge is -2.15. The highest BCUT2D eigenvalue weighted by atomic mass is 16.5. The molecule has 1 aromatic carbocycles. The molecule has 0 radical (unpaired) electrons. The van der Waals surface area contributed by atoms with Gasteiger partial charge in [0.25, 0.3) is 0 Å². The fourth-order valence-corrected chi connectivity index (χ4v) is 1.96. The number of para-hydroxylation sites is 1. The Labute approximate surface area is 128 Å². The van der Waals surface area contributed by atoms with Crippen molar-refractivity contribution in [3.63, 3.8) is 0 Å². The zero-order chi connectivity index (χ0) is 16.3. The minimum absolute atomic E-state index is 0.0847. The molecular formula is C15H17N3O4. The van der Waals surface area contributed by atoms with E-state index in [1.165, 1.54) is 20.3 Å². The second-order valence-corrected chi connectivity index (χ2v) is 4.68. The summed E-state index contributed by atoms with van der Waals surface area (Å²) in [6, 6.07) is 6.68. The smallest absolute Gasteiger partial charge is 0.354 e. The van der Waals surface area contributed by atoms with Crippen LogP contribution in [0.25, 0.3) is 11.4 Å². The van der Waals surface area contributed by atoms with Crippen molar-refractivity contribution in [2.24, 2.45) is 0 Å². The first-order valence-corrected chi connectivity index (χ1v) is 6.49. The van der Waals surface area contributed by atoms with Crippen molar-refractivity contribution in [1.82, 2.24) is 9.97 Å². The maximum Gasteiger partial charge on any atom is 0.354 e. The summed E-state index contributed by atoms with van der Waals surface area (Å²) in [5.74, 6) is 0.619. The summed E-state index contributed by atoms with van der Waals surface area (Å²) in [7, 11) is 6.60. The highest BCUT2D eigenvalue weighted by molar-refractivity contribution is 5.87. The number of carboxylic acids is 1. The molecule has 1 aromatic heterocycles. The minimum Gasteiger partial charge on any atom is -0.493 e. The molecule has 0 saturated heterocycles. The number of anilines is 1. The molecule has 22 heavy (non-hydrogen) atoms. The molecule has 0 fully saturated rings. The van der Waals surface area contributed by atoms with Gasteiger partial charge in [-0.05, 0) is 12.1 Å². The average Bonchev–Trinajstić information content (AvgIpc) is 2.53. The van der Waals surface area contributed by atoms with Gasteiger partial charge in [0.2, 0.25) is 0 Å². The van der Waals surface area contributed by atoms with Crippen LogP contribution in [0, 0.1) is 0 Å². The number of rotatable bonds is 5. The number of hydrogen-bond donors (Lipinski definition) is 1. The second kappa shape index (κ2) is 6.30. The number of aromatic nitrogens is 2. The number of methoxy groups -OCH3 is 2. The molecule has 7 nitrogen and oxygen atoms in total. The molecule has 0 saturated carbocycles. The van der Waals surface area contributed by atoms with Gasteiger partial charge in [-0.3, -0.25) is 0 Å². The van der Waals surface area contributed by atoms with Gasteiger partial charge in [0.1, 0.15) is 5.82 Å². The van der Waals surface area contributed by atoms with E-state index in [1.54, 1.807) is 37.2 Å². The zero-order valence-electron chi connectivity index (χ0n) is 12.8. The van der Waals surface area contributed by atoms with E-state index >= 15 is 0 Å². The Hall–Kier alpha value is -2.83. The van der Waals surface area contributed by atoms with Gasteiger partial charge in [-0.25, -0.2) is 14.8 Å². The quantitative estimate of drug-likeness (QED) is 0.903. The Kier molecular flexibility index (Phi) is 4.45. The normalized spacial score (nSPS) is 10.2. The fraction of sp³-hybridized carbons (Fsp3) is 0.267. The maximum absolute atomic E-state index is 11.3. The molecule has 1 N–H and O–H groups in total. The molecule has 116 valence electrons. The van der Waals surface area contributed by atoms with Gasteiger partial charge >= 0.3 is 5.97 Å². The molecule has 0 aliphatic rings. The van der Waals surface area contributed by atoms with Crippen LogP contribution in [0.5, 0.6) is 11.5 Å². The molecule has 7 heteroatoms. The molecule has 0 bridgehead atoms. The Morgan fingerprint density at radius 1 is 1.18 bits per heavy atom. The molecule has 0 unspecified atom stereocenters. The number of hydrogen-bond acceptors (Lipinski definition) is 6. The van der Waals surface area contributed by atoms with Gasteiger partial charge in [-0.15, -0.1) is 0 Å². The van der Waals surface area contributed by atoms with Gasteiger partial charge in [0.15, 0.2) is 23.0 Å². The lowest BCUT2D eigenvalue weighted by Crippen LogP contribution is -2.14. The van der Waals surface area contributed by atoms with Crippen LogP contribution in [0.15, 0.2) is 24.3 Å².